The summed E-state index contributed by atoms with van der Waals surface area (Å²) >= 11 is 5.93. The van der Waals surface area contributed by atoms with Crippen molar-refractivity contribution in [2.75, 3.05) is 26.0 Å². The second-order valence-corrected chi connectivity index (χ2v) is 6.70. The molecule has 0 fully saturated rings. The molecule has 2 aromatic rings. The van der Waals surface area contributed by atoms with E-state index in [0.717, 1.165) is 5.56 Å². The van der Waals surface area contributed by atoms with E-state index in [-0.39, 0.29) is 18.4 Å². The van der Waals surface area contributed by atoms with Crippen molar-refractivity contribution in [3.05, 3.63) is 53.1 Å². The van der Waals surface area contributed by atoms with Crippen molar-refractivity contribution in [3.63, 3.8) is 0 Å². The number of carbonyl (C=O) groups is 2. The topological polar surface area (TPSA) is 67.9 Å². The minimum absolute atomic E-state index is 0.0377. The summed E-state index contributed by atoms with van der Waals surface area (Å²) in [5.74, 6) is 0.747. The number of hydrogen-bond acceptors (Lipinski definition) is 4. The van der Waals surface area contributed by atoms with Gasteiger partial charge in [0.1, 0.15) is 11.5 Å². The van der Waals surface area contributed by atoms with Gasteiger partial charge in [-0.1, -0.05) is 11.6 Å². The van der Waals surface area contributed by atoms with E-state index in [1.807, 2.05) is 6.92 Å². The molecule has 27 heavy (non-hydrogen) atoms. The lowest BCUT2D eigenvalue weighted by Gasteiger charge is -2.16. The SMILES string of the molecule is Cc1cc(Cl)ccc1OC(C)C(=O)Nc1ccc(OCC(=O)N(C)C)cc1. The van der Waals surface area contributed by atoms with Gasteiger partial charge < -0.3 is 19.7 Å². The fourth-order valence-corrected chi connectivity index (χ4v) is 2.37. The van der Waals surface area contributed by atoms with Crippen molar-refractivity contribution >= 4 is 29.1 Å². The molecule has 2 aromatic carbocycles. The number of halogens is 1. The molecule has 1 unspecified atom stereocenters. The van der Waals surface area contributed by atoms with E-state index >= 15 is 0 Å². The van der Waals surface area contributed by atoms with E-state index in [1.54, 1.807) is 63.5 Å². The Bertz CT molecular complexity index is 806. The molecule has 0 saturated carbocycles. The van der Waals surface area contributed by atoms with Crippen LogP contribution >= 0.6 is 11.6 Å². The third kappa shape index (κ3) is 6.18. The van der Waals surface area contributed by atoms with Gasteiger partial charge in [-0.05, 0) is 61.9 Å². The molecule has 2 amide bonds. The number of rotatable bonds is 7. The number of carbonyl (C=O) groups excluding carboxylic acids is 2. The van der Waals surface area contributed by atoms with Crippen LogP contribution in [0.1, 0.15) is 12.5 Å². The second-order valence-electron chi connectivity index (χ2n) is 6.26. The zero-order valence-corrected chi connectivity index (χ0v) is 16.5. The third-order valence-corrected chi connectivity index (χ3v) is 4.03. The van der Waals surface area contributed by atoms with Gasteiger partial charge in [0.2, 0.25) is 0 Å². The molecule has 144 valence electrons. The molecule has 7 heteroatoms. The van der Waals surface area contributed by atoms with Gasteiger partial charge in [0.15, 0.2) is 12.7 Å². The lowest BCUT2D eigenvalue weighted by molar-refractivity contribution is -0.130. The predicted molar refractivity (Wildman–Crippen MR) is 106 cm³/mol. The minimum atomic E-state index is -0.682. The molecule has 6 nitrogen and oxygen atoms in total. The first-order valence-electron chi connectivity index (χ1n) is 8.43. The molecule has 0 radical (unpaired) electrons. The molecule has 0 heterocycles. The van der Waals surface area contributed by atoms with Crippen molar-refractivity contribution in [3.8, 4) is 11.5 Å². The van der Waals surface area contributed by atoms with Gasteiger partial charge in [0.05, 0.1) is 0 Å². The monoisotopic (exact) mass is 390 g/mol. The molecular formula is C20H23ClN2O4. The van der Waals surface area contributed by atoms with E-state index in [1.165, 1.54) is 4.90 Å². The number of benzene rings is 2. The maximum atomic E-state index is 12.3. The summed E-state index contributed by atoms with van der Waals surface area (Å²) in [4.78, 5) is 25.3. The van der Waals surface area contributed by atoms with Crippen molar-refractivity contribution in [1.82, 2.24) is 4.90 Å². The van der Waals surface area contributed by atoms with Crippen molar-refractivity contribution in [1.29, 1.82) is 0 Å². The summed E-state index contributed by atoms with van der Waals surface area (Å²) in [6, 6.07) is 12.0. The summed E-state index contributed by atoms with van der Waals surface area (Å²) in [7, 11) is 3.33. The highest BCUT2D eigenvalue weighted by atomic mass is 35.5. The fourth-order valence-electron chi connectivity index (χ4n) is 2.14. The van der Waals surface area contributed by atoms with Crippen molar-refractivity contribution < 1.29 is 19.1 Å². The van der Waals surface area contributed by atoms with Crippen LogP contribution in [0, 0.1) is 6.92 Å². The first kappa shape index (κ1) is 20.6. The second kappa shape index (κ2) is 9.28. The van der Waals surface area contributed by atoms with Gasteiger partial charge in [-0.3, -0.25) is 9.59 Å². The van der Waals surface area contributed by atoms with Gasteiger partial charge >= 0.3 is 0 Å². The van der Waals surface area contributed by atoms with E-state index in [4.69, 9.17) is 21.1 Å². The lowest BCUT2D eigenvalue weighted by Crippen LogP contribution is -2.30. The van der Waals surface area contributed by atoms with Crippen LogP contribution in [0.15, 0.2) is 42.5 Å². The molecular weight excluding hydrogens is 368 g/mol. The number of ether oxygens (including phenoxy) is 2. The van der Waals surface area contributed by atoms with Crippen LogP contribution in [0.25, 0.3) is 0 Å². The number of amides is 2. The molecule has 0 bridgehead atoms. The normalized spacial score (nSPS) is 11.4. The Balaban J connectivity index is 1.90. The average Bonchev–Trinajstić information content (AvgIpc) is 2.62. The maximum absolute atomic E-state index is 12.3. The molecule has 1 atom stereocenters. The van der Waals surface area contributed by atoms with Gasteiger partial charge in [0.25, 0.3) is 11.8 Å². The molecule has 2 rings (SSSR count). The quantitative estimate of drug-likeness (QED) is 0.785. The lowest BCUT2D eigenvalue weighted by atomic mass is 10.2. The van der Waals surface area contributed by atoms with Crippen LogP contribution in [0.3, 0.4) is 0 Å². The maximum Gasteiger partial charge on any atom is 0.265 e. The number of nitrogens with one attached hydrogen (secondary N) is 1. The van der Waals surface area contributed by atoms with Gasteiger partial charge in [0, 0.05) is 24.8 Å². The first-order valence-corrected chi connectivity index (χ1v) is 8.80. The minimum Gasteiger partial charge on any atom is -0.484 e. The summed E-state index contributed by atoms with van der Waals surface area (Å²) in [5, 5.41) is 3.40. The molecule has 0 aromatic heterocycles. The Hall–Kier alpha value is -2.73. The standard InChI is InChI=1S/C20H23ClN2O4/c1-13-11-15(21)5-10-18(13)27-14(2)20(25)22-16-6-8-17(9-7-16)26-12-19(24)23(3)4/h5-11,14H,12H2,1-4H3,(H,22,25). The molecule has 0 saturated heterocycles. The van der Waals surface area contributed by atoms with E-state index < -0.39 is 6.10 Å². The number of anilines is 1. The van der Waals surface area contributed by atoms with Crippen LogP contribution in [-0.2, 0) is 9.59 Å². The van der Waals surface area contributed by atoms with E-state index in [2.05, 4.69) is 5.32 Å². The summed E-state index contributed by atoms with van der Waals surface area (Å²) in [6.07, 6.45) is -0.682. The summed E-state index contributed by atoms with van der Waals surface area (Å²) < 4.78 is 11.1. The Morgan fingerprint density at radius 1 is 1.15 bits per heavy atom. The molecule has 1 N–H and O–H groups in total. The Kier molecular flexibility index (Phi) is 7.07. The van der Waals surface area contributed by atoms with Gasteiger partial charge in [-0.2, -0.15) is 0 Å². The Labute approximate surface area is 164 Å². The Morgan fingerprint density at radius 2 is 1.81 bits per heavy atom. The van der Waals surface area contributed by atoms with Gasteiger partial charge in [-0.25, -0.2) is 0 Å². The van der Waals surface area contributed by atoms with Crippen LogP contribution in [0.4, 0.5) is 5.69 Å². The Morgan fingerprint density at radius 3 is 2.41 bits per heavy atom. The highest BCUT2D eigenvalue weighted by Crippen LogP contribution is 2.23. The van der Waals surface area contributed by atoms with Crippen molar-refractivity contribution in [2.24, 2.45) is 0 Å². The molecule has 0 aliphatic rings. The molecule has 0 aliphatic heterocycles. The third-order valence-electron chi connectivity index (χ3n) is 3.79. The largest absolute Gasteiger partial charge is 0.484 e. The van der Waals surface area contributed by atoms with Crippen LogP contribution in [-0.4, -0.2) is 43.5 Å². The van der Waals surface area contributed by atoms with Crippen molar-refractivity contribution in [2.45, 2.75) is 20.0 Å². The fraction of sp³-hybridized carbons (Fsp3) is 0.300. The van der Waals surface area contributed by atoms with Crippen LogP contribution in [0.2, 0.25) is 5.02 Å². The summed E-state index contributed by atoms with van der Waals surface area (Å²) in [5.41, 5.74) is 1.46. The van der Waals surface area contributed by atoms with E-state index in [9.17, 15) is 9.59 Å². The number of aryl methyl sites for hydroxylation is 1. The molecule has 0 aliphatic carbocycles. The summed E-state index contributed by atoms with van der Waals surface area (Å²) in [6.45, 7) is 3.50. The number of hydrogen-bond donors (Lipinski definition) is 1. The molecule has 0 spiro atoms. The van der Waals surface area contributed by atoms with Crippen LogP contribution < -0.4 is 14.8 Å². The smallest absolute Gasteiger partial charge is 0.265 e. The highest BCUT2D eigenvalue weighted by molar-refractivity contribution is 6.30. The number of nitrogens with zero attached hydrogens (tertiary/aromatic N) is 1. The zero-order chi connectivity index (χ0) is 20.0. The highest BCUT2D eigenvalue weighted by Gasteiger charge is 2.16. The van der Waals surface area contributed by atoms with Gasteiger partial charge in [-0.15, -0.1) is 0 Å². The van der Waals surface area contributed by atoms with E-state index in [0.29, 0.717) is 22.2 Å². The first-order chi connectivity index (χ1) is 12.8. The number of likely N-dealkylation sites (N-methyl/N-ethyl adjacent to an activating group) is 1. The predicted octanol–water partition coefficient (Wildman–Crippen LogP) is 3.52. The average molecular weight is 391 g/mol. The zero-order valence-electron chi connectivity index (χ0n) is 15.8. The van der Waals surface area contributed by atoms with Crippen LogP contribution in [0.5, 0.6) is 11.5 Å².